The van der Waals surface area contributed by atoms with Crippen molar-refractivity contribution in [1.82, 2.24) is 15.1 Å². The largest absolute Gasteiger partial charge is 0.355 e. The molecule has 0 aliphatic carbocycles. The van der Waals surface area contributed by atoms with E-state index >= 15 is 0 Å². The zero-order valence-electron chi connectivity index (χ0n) is 20.4. The van der Waals surface area contributed by atoms with Crippen molar-refractivity contribution in [2.24, 2.45) is 5.92 Å². The minimum absolute atomic E-state index is 0.0357. The van der Waals surface area contributed by atoms with Crippen molar-refractivity contribution in [2.45, 2.75) is 39.5 Å². The second-order valence-corrected chi connectivity index (χ2v) is 9.61. The van der Waals surface area contributed by atoms with Crippen molar-refractivity contribution in [3.05, 3.63) is 70.9 Å². The number of rotatable bonds is 7. The number of benzene rings is 2. The second kappa shape index (κ2) is 11.0. The van der Waals surface area contributed by atoms with Crippen LogP contribution >= 0.6 is 11.6 Å². The molecular weight excluding hydrogens is 462 g/mol. The van der Waals surface area contributed by atoms with Crippen LogP contribution < -0.4 is 15.5 Å². The standard InChI is InChI=1S/C27H32ClN5O2/c1-18(21-7-5-4-6-8-21)17-29-26(35)22-13-15-32(16-14-22)27-25(30-20(3)34)19(2)31-33(27)24-11-9-23(28)10-12-24/h4-12,18,22H,13-17H2,1-3H3,(H,29,35)(H,30,34)/t18-/m0/s1. The molecule has 2 amide bonds. The molecule has 0 unspecified atom stereocenters. The van der Waals surface area contributed by atoms with E-state index in [-0.39, 0.29) is 23.7 Å². The first kappa shape index (κ1) is 24.8. The fraction of sp³-hybridized carbons (Fsp3) is 0.370. The number of anilines is 2. The molecule has 2 heterocycles. The van der Waals surface area contributed by atoms with Crippen LogP contribution in [0.15, 0.2) is 54.6 Å². The minimum atomic E-state index is -0.146. The summed E-state index contributed by atoms with van der Waals surface area (Å²) >= 11 is 6.08. The lowest BCUT2D eigenvalue weighted by Crippen LogP contribution is -2.42. The van der Waals surface area contributed by atoms with Gasteiger partial charge in [0, 0.05) is 37.5 Å². The summed E-state index contributed by atoms with van der Waals surface area (Å²) in [6.07, 6.45) is 1.46. The van der Waals surface area contributed by atoms with Crippen LogP contribution in [0.1, 0.15) is 43.9 Å². The van der Waals surface area contributed by atoms with Crippen molar-refractivity contribution in [1.29, 1.82) is 0 Å². The van der Waals surface area contributed by atoms with Crippen LogP contribution in [0, 0.1) is 12.8 Å². The molecule has 184 valence electrons. The van der Waals surface area contributed by atoms with Crippen molar-refractivity contribution < 1.29 is 9.59 Å². The predicted octanol–water partition coefficient (Wildman–Crippen LogP) is 4.93. The Balaban J connectivity index is 1.46. The first-order valence-electron chi connectivity index (χ1n) is 12.0. The molecule has 1 aromatic heterocycles. The molecule has 0 bridgehead atoms. The van der Waals surface area contributed by atoms with Crippen LogP contribution in [0.25, 0.3) is 5.69 Å². The first-order chi connectivity index (χ1) is 16.8. The molecule has 0 saturated carbocycles. The van der Waals surface area contributed by atoms with E-state index in [2.05, 4.69) is 34.6 Å². The number of hydrogen-bond donors (Lipinski definition) is 2. The van der Waals surface area contributed by atoms with Gasteiger partial charge in [0.2, 0.25) is 11.8 Å². The number of carbonyl (C=O) groups is 2. The lowest BCUT2D eigenvalue weighted by atomic mass is 9.95. The summed E-state index contributed by atoms with van der Waals surface area (Å²) in [4.78, 5) is 27.0. The Morgan fingerprint density at radius 1 is 1.09 bits per heavy atom. The van der Waals surface area contributed by atoms with Gasteiger partial charge in [0.05, 0.1) is 11.4 Å². The molecule has 2 N–H and O–H groups in total. The lowest BCUT2D eigenvalue weighted by molar-refractivity contribution is -0.125. The monoisotopic (exact) mass is 493 g/mol. The number of hydrogen-bond acceptors (Lipinski definition) is 4. The predicted molar refractivity (Wildman–Crippen MR) is 140 cm³/mol. The van der Waals surface area contributed by atoms with Crippen molar-refractivity contribution >= 4 is 34.9 Å². The number of amides is 2. The van der Waals surface area contributed by atoms with Crippen molar-refractivity contribution in [3.8, 4) is 5.69 Å². The summed E-state index contributed by atoms with van der Waals surface area (Å²) in [6, 6.07) is 17.7. The van der Waals surface area contributed by atoms with Gasteiger partial charge >= 0.3 is 0 Å². The van der Waals surface area contributed by atoms with Crippen molar-refractivity contribution in [3.63, 3.8) is 0 Å². The van der Waals surface area contributed by atoms with Gasteiger partial charge in [-0.1, -0.05) is 48.9 Å². The molecule has 1 aliphatic rings. The number of piperidine rings is 1. The Labute approximate surface area is 211 Å². The van der Waals surface area contributed by atoms with Gasteiger partial charge in [-0.05, 0) is 55.5 Å². The normalized spacial score (nSPS) is 15.0. The number of aromatic nitrogens is 2. The van der Waals surface area contributed by atoms with Gasteiger partial charge < -0.3 is 15.5 Å². The lowest BCUT2D eigenvalue weighted by Gasteiger charge is -2.34. The van der Waals surface area contributed by atoms with Crippen LogP contribution in [0.2, 0.25) is 5.02 Å². The fourth-order valence-corrected chi connectivity index (χ4v) is 4.67. The highest BCUT2D eigenvalue weighted by Crippen LogP contribution is 2.35. The highest BCUT2D eigenvalue weighted by atomic mass is 35.5. The molecule has 8 heteroatoms. The molecule has 1 fully saturated rings. The Kier molecular flexibility index (Phi) is 7.76. The highest BCUT2D eigenvalue weighted by Gasteiger charge is 2.30. The molecule has 1 aliphatic heterocycles. The topological polar surface area (TPSA) is 79.3 Å². The fourth-order valence-electron chi connectivity index (χ4n) is 4.54. The van der Waals surface area contributed by atoms with Gasteiger partial charge in [0.25, 0.3) is 0 Å². The molecule has 3 aromatic rings. The number of aryl methyl sites for hydroxylation is 1. The first-order valence-corrected chi connectivity index (χ1v) is 12.4. The highest BCUT2D eigenvalue weighted by molar-refractivity contribution is 6.30. The molecular formula is C27H32ClN5O2. The van der Waals surface area contributed by atoms with Gasteiger partial charge in [-0.25, -0.2) is 4.68 Å². The summed E-state index contributed by atoms with van der Waals surface area (Å²) in [6.45, 7) is 7.51. The summed E-state index contributed by atoms with van der Waals surface area (Å²) in [5.41, 5.74) is 3.52. The average molecular weight is 494 g/mol. The van der Waals surface area contributed by atoms with E-state index in [4.69, 9.17) is 16.7 Å². The molecule has 7 nitrogen and oxygen atoms in total. The van der Waals surface area contributed by atoms with Gasteiger partial charge in [0.15, 0.2) is 5.82 Å². The molecule has 0 radical (unpaired) electrons. The smallest absolute Gasteiger partial charge is 0.223 e. The number of carbonyl (C=O) groups excluding carboxylic acids is 2. The van der Waals surface area contributed by atoms with Crippen LogP contribution in [0.3, 0.4) is 0 Å². The molecule has 2 aromatic carbocycles. The third-order valence-corrected chi connectivity index (χ3v) is 6.78. The Bertz CT molecular complexity index is 1170. The Morgan fingerprint density at radius 3 is 2.37 bits per heavy atom. The average Bonchev–Trinajstić information content (AvgIpc) is 3.18. The summed E-state index contributed by atoms with van der Waals surface area (Å²) < 4.78 is 1.85. The summed E-state index contributed by atoms with van der Waals surface area (Å²) in [7, 11) is 0. The minimum Gasteiger partial charge on any atom is -0.355 e. The third kappa shape index (κ3) is 5.85. The van der Waals surface area contributed by atoms with Crippen LogP contribution in [-0.4, -0.2) is 41.2 Å². The van der Waals surface area contributed by atoms with Crippen molar-refractivity contribution in [2.75, 3.05) is 29.9 Å². The maximum atomic E-state index is 12.9. The zero-order chi connectivity index (χ0) is 24.9. The zero-order valence-corrected chi connectivity index (χ0v) is 21.2. The Hall–Kier alpha value is -3.32. The van der Waals surface area contributed by atoms with E-state index in [0.29, 0.717) is 30.3 Å². The quantitative estimate of drug-likeness (QED) is 0.489. The van der Waals surface area contributed by atoms with E-state index in [1.807, 2.05) is 54.1 Å². The van der Waals surface area contributed by atoms with Crippen LogP contribution in [0.4, 0.5) is 11.5 Å². The maximum Gasteiger partial charge on any atom is 0.223 e. The molecule has 0 spiro atoms. The summed E-state index contributed by atoms with van der Waals surface area (Å²) in [5.74, 6) is 1.02. The van der Waals surface area contributed by atoms with Crippen LogP contribution in [0.5, 0.6) is 0 Å². The van der Waals surface area contributed by atoms with Gasteiger partial charge in [-0.15, -0.1) is 0 Å². The van der Waals surface area contributed by atoms with E-state index < -0.39 is 0 Å². The van der Waals surface area contributed by atoms with E-state index in [1.54, 1.807) is 0 Å². The molecule has 1 saturated heterocycles. The van der Waals surface area contributed by atoms with E-state index in [1.165, 1.54) is 12.5 Å². The van der Waals surface area contributed by atoms with Gasteiger partial charge in [0.1, 0.15) is 5.69 Å². The molecule has 1 atom stereocenters. The number of halogens is 1. The number of nitrogens with one attached hydrogen (secondary N) is 2. The molecule has 35 heavy (non-hydrogen) atoms. The third-order valence-electron chi connectivity index (χ3n) is 6.52. The molecule has 4 rings (SSSR count). The Morgan fingerprint density at radius 2 is 1.74 bits per heavy atom. The van der Waals surface area contributed by atoms with E-state index in [9.17, 15) is 9.59 Å². The van der Waals surface area contributed by atoms with Gasteiger partial charge in [-0.3, -0.25) is 9.59 Å². The maximum absolute atomic E-state index is 12.9. The van der Waals surface area contributed by atoms with Gasteiger partial charge in [-0.2, -0.15) is 5.10 Å². The SMILES string of the molecule is CC(=O)Nc1c(C)nn(-c2ccc(Cl)cc2)c1N1CCC(C(=O)NC[C@H](C)c2ccccc2)CC1. The number of nitrogens with zero attached hydrogens (tertiary/aromatic N) is 3. The van der Waals surface area contributed by atoms with E-state index in [0.717, 1.165) is 30.0 Å². The van der Waals surface area contributed by atoms with Crippen LogP contribution in [-0.2, 0) is 9.59 Å². The summed E-state index contributed by atoms with van der Waals surface area (Å²) in [5, 5.41) is 11.5. The second-order valence-electron chi connectivity index (χ2n) is 9.17.